The summed E-state index contributed by atoms with van der Waals surface area (Å²) in [4.78, 5) is 0. The van der Waals surface area contributed by atoms with Crippen molar-refractivity contribution in [2.24, 2.45) is 0 Å². The van der Waals surface area contributed by atoms with Gasteiger partial charge in [0.1, 0.15) is 6.10 Å². The van der Waals surface area contributed by atoms with Gasteiger partial charge in [-0.05, 0) is 6.07 Å². The second kappa shape index (κ2) is 4.59. The molecule has 5 nitrogen and oxygen atoms in total. The number of rotatable bonds is 1. The van der Waals surface area contributed by atoms with Crippen molar-refractivity contribution in [3.8, 4) is 0 Å². The van der Waals surface area contributed by atoms with Crippen LogP contribution in [-0.2, 0) is 16.0 Å². The maximum absolute atomic E-state index is 6.01. The summed E-state index contributed by atoms with van der Waals surface area (Å²) in [6, 6.07) is 8.48. The van der Waals surface area contributed by atoms with E-state index in [1.807, 2.05) is 6.07 Å². The summed E-state index contributed by atoms with van der Waals surface area (Å²) < 4.78 is 13.7. The fraction of sp³-hybridized carbons (Fsp3) is 0.500. The van der Waals surface area contributed by atoms with E-state index in [2.05, 4.69) is 33.3 Å². The largest absolute Gasteiger partial charge is 0.378 e. The molecule has 0 aliphatic carbocycles. The van der Waals surface area contributed by atoms with Gasteiger partial charge in [0, 0.05) is 11.9 Å². The van der Waals surface area contributed by atoms with Crippen LogP contribution in [0.4, 0.5) is 0 Å². The Hall–Kier alpha value is -1.43. The maximum atomic E-state index is 6.01. The van der Waals surface area contributed by atoms with Crippen LogP contribution in [0.2, 0.25) is 0 Å². The lowest BCUT2D eigenvalue weighted by Gasteiger charge is -2.34. The smallest absolute Gasteiger partial charge is 0.117 e. The maximum Gasteiger partial charge on any atom is 0.117 e. The first-order valence-corrected chi connectivity index (χ1v) is 6.82. The zero-order chi connectivity index (χ0) is 12.7. The summed E-state index contributed by atoms with van der Waals surface area (Å²) in [6.45, 7) is 3.90. The SMILES string of the molecule is c1ccc2c3n(nc2c1)CCOC3[C@@H]1COCCN1. The molecule has 4 rings (SSSR count). The highest BCUT2D eigenvalue weighted by Crippen LogP contribution is 2.32. The van der Waals surface area contributed by atoms with Crippen molar-refractivity contribution in [3.05, 3.63) is 30.0 Å². The molecular weight excluding hydrogens is 242 g/mol. The lowest BCUT2D eigenvalue weighted by molar-refractivity contribution is -0.0445. The van der Waals surface area contributed by atoms with Gasteiger partial charge < -0.3 is 14.8 Å². The summed E-state index contributed by atoms with van der Waals surface area (Å²) >= 11 is 0. The molecule has 2 aliphatic rings. The number of benzene rings is 1. The highest BCUT2D eigenvalue weighted by molar-refractivity contribution is 5.82. The van der Waals surface area contributed by atoms with E-state index in [-0.39, 0.29) is 12.1 Å². The molecule has 3 heterocycles. The molecule has 0 radical (unpaired) electrons. The predicted octanol–water partition coefficient (Wildman–Crippen LogP) is 1.10. The number of aromatic nitrogens is 2. The van der Waals surface area contributed by atoms with Gasteiger partial charge in [-0.3, -0.25) is 4.68 Å². The predicted molar refractivity (Wildman–Crippen MR) is 71.0 cm³/mol. The number of nitrogens with zero attached hydrogens (tertiary/aromatic N) is 2. The van der Waals surface area contributed by atoms with E-state index >= 15 is 0 Å². The van der Waals surface area contributed by atoms with Crippen LogP contribution in [0, 0.1) is 0 Å². The quantitative estimate of drug-likeness (QED) is 0.833. The van der Waals surface area contributed by atoms with Crippen LogP contribution in [0.5, 0.6) is 0 Å². The average molecular weight is 259 g/mol. The van der Waals surface area contributed by atoms with Gasteiger partial charge in [0.15, 0.2) is 0 Å². The second-order valence-electron chi connectivity index (χ2n) is 5.05. The minimum absolute atomic E-state index is 0.0291. The molecule has 19 heavy (non-hydrogen) atoms. The van der Waals surface area contributed by atoms with Crippen LogP contribution in [0.3, 0.4) is 0 Å². The summed E-state index contributed by atoms with van der Waals surface area (Å²) in [5.41, 5.74) is 2.23. The molecule has 2 aliphatic heterocycles. The molecule has 0 bridgehead atoms. The first-order chi connectivity index (χ1) is 9.43. The van der Waals surface area contributed by atoms with Gasteiger partial charge in [-0.25, -0.2) is 0 Å². The van der Waals surface area contributed by atoms with E-state index in [9.17, 15) is 0 Å². The Balaban J connectivity index is 1.80. The van der Waals surface area contributed by atoms with Gasteiger partial charge >= 0.3 is 0 Å². The molecule has 0 spiro atoms. The van der Waals surface area contributed by atoms with Crippen molar-refractivity contribution in [1.82, 2.24) is 15.1 Å². The first kappa shape index (κ1) is 11.4. The molecule has 0 amide bonds. The Morgan fingerprint density at radius 1 is 1.26 bits per heavy atom. The Labute approximate surface area is 111 Å². The highest BCUT2D eigenvalue weighted by atomic mass is 16.5. The number of nitrogens with one attached hydrogen (secondary N) is 1. The van der Waals surface area contributed by atoms with E-state index in [0.29, 0.717) is 13.2 Å². The van der Waals surface area contributed by atoms with Gasteiger partial charge in [-0.15, -0.1) is 0 Å². The van der Waals surface area contributed by atoms with Crippen LogP contribution >= 0.6 is 0 Å². The van der Waals surface area contributed by atoms with Crippen molar-refractivity contribution in [1.29, 1.82) is 0 Å². The molecule has 1 aromatic carbocycles. The van der Waals surface area contributed by atoms with E-state index in [1.165, 1.54) is 11.1 Å². The van der Waals surface area contributed by atoms with E-state index in [0.717, 1.165) is 25.2 Å². The topological polar surface area (TPSA) is 48.3 Å². The standard InChI is InChI=1S/C14H17N3O2/c1-2-4-11-10(3-1)13-14(12-9-18-7-5-15-12)19-8-6-17(13)16-11/h1-4,12,14-15H,5-9H2/t12-,14?/m0/s1. The summed E-state index contributed by atoms with van der Waals surface area (Å²) in [6.07, 6.45) is 0.0291. The van der Waals surface area contributed by atoms with Crippen molar-refractivity contribution >= 4 is 10.9 Å². The van der Waals surface area contributed by atoms with Gasteiger partial charge in [0.2, 0.25) is 0 Å². The van der Waals surface area contributed by atoms with Gasteiger partial charge in [-0.1, -0.05) is 18.2 Å². The van der Waals surface area contributed by atoms with Gasteiger partial charge in [0.25, 0.3) is 0 Å². The van der Waals surface area contributed by atoms with Crippen LogP contribution in [0.25, 0.3) is 10.9 Å². The van der Waals surface area contributed by atoms with Gasteiger partial charge in [-0.2, -0.15) is 5.10 Å². The number of hydrogen-bond donors (Lipinski definition) is 1. The number of hydrogen-bond acceptors (Lipinski definition) is 4. The third kappa shape index (κ3) is 1.85. The van der Waals surface area contributed by atoms with Crippen LogP contribution in [-0.4, -0.2) is 42.2 Å². The minimum Gasteiger partial charge on any atom is -0.378 e. The van der Waals surface area contributed by atoms with Crippen LogP contribution < -0.4 is 5.32 Å². The minimum atomic E-state index is 0.0291. The lowest BCUT2D eigenvalue weighted by Crippen LogP contribution is -2.47. The van der Waals surface area contributed by atoms with E-state index < -0.39 is 0 Å². The summed E-state index contributed by atoms with van der Waals surface area (Å²) in [5, 5.41) is 9.35. The molecule has 2 aromatic rings. The zero-order valence-electron chi connectivity index (χ0n) is 10.7. The molecule has 1 aromatic heterocycles. The number of morpholine rings is 1. The highest BCUT2D eigenvalue weighted by Gasteiger charge is 2.33. The van der Waals surface area contributed by atoms with Crippen molar-refractivity contribution in [2.75, 3.05) is 26.4 Å². The van der Waals surface area contributed by atoms with Crippen molar-refractivity contribution < 1.29 is 9.47 Å². The molecule has 100 valence electrons. The Kier molecular flexibility index (Phi) is 2.76. The summed E-state index contributed by atoms with van der Waals surface area (Å²) in [7, 11) is 0. The molecular formula is C14H17N3O2. The molecule has 2 atom stereocenters. The van der Waals surface area contributed by atoms with E-state index in [4.69, 9.17) is 9.47 Å². The molecule has 0 saturated carbocycles. The molecule has 1 N–H and O–H groups in total. The molecule has 1 saturated heterocycles. The van der Waals surface area contributed by atoms with Crippen LogP contribution in [0.15, 0.2) is 24.3 Å². The Morgan fingerprint density at radius 3 is 3.11 bits per heavy atom. The molecule has 1 unspecified atom stereocenters. The first-order valence-electron chi connectivity index (χ1n) is 6.82. The van der Waals surface area contributed by atoms with Crippen LogP contribution in [0.1, 0.15) is 11.8 Å². The zero-order valence-corrected chi connectivity index (χ0v) is 10.7. The fourth-order valence-electron chi connectivity index (χ4n) is 3.00. The average Bonchev–Trinajstić information content (AvgIpc) is 2.86. The Bertz CT molecular complexity index is 589. The third-order valence-corrected chi connectivity index (χ3v) is 3.87. The number of fused-ring (bicyclic) bond motifs is 3. The normalized spacial score (nSPS) is 27.4. The lowest BCUT2D eigenvalue weighted by atomic mass is 10.0. The second-order valence-corrected chi connectivity index (χ2v) is 5.05. The Morgan fingerprint density at radius 2 is 2.21 bits per heavy atom. The third-order valence-electron chi connectivity index (χ3n) is 3.87. The van der Waals surface area contributed by atoms with Crippen molar-refractivity contribution in [2.45, 2.75) is 18.7 Å². The fourth-order valence-corrected chi connectivity index (χ4v) is 3.00. The molecule has 1 fully saturated rings. The summed E-state index contributed by atoms with van der Waals surface area (Å²) in [5.74, 6) is 0. The van der Waals surface area contributed by atoms with Gasteiger partial charge in [0.05, 0.1) is 43.6 Å². The molecule has 5 heteroatoms. The van der Waals surface area contributed by atoms with Crippen molar-refractivity contribution in [3.63, 3.8) is 0 Å². The van der Waals surface area contributed by atoms with E-state index in [1.54, 1.807) is 0 Å². The monoisotopic (exact) mass is 259 g/mol. The number of ether oxygens (including phenoxy) is 2.